The quantitative estimate of drug-likeness (QED) is 0.858. The van der Waals surface area contributed by atoms with Crippen molar-refractivity contribution in [2.45, 2.75) is 13.5 Å². The molecule has 0 unspecified atom stereocenters. The Kier molecular flexibility index (Phi) is 2.95. The van der Waals surface area contributed by atoms with Gasteiger partial charge in [-0.05, 0) is 6.92 Å². The molecule has 2 aromatic heterocycles. The summed E-state index contributed by atoms with van der Waals surface area (Å²) in [4.78, 5) is 21.4. The minimum atomic E-state index is -0.192. The van der Waals surface area contributed by atoms with E-state index in [9.17, 15) is 4.79 Å². The second-order valence-corrected chi connectivity index (χ2v) is 4.42. The number of hydrogen-bond acceptors (Lipinski definition) is 5. The van der Waals surface area contributed by atoms with Crippen LogP contribution < -0.4 is 0 Å². The van der Waals surface area contributed by atoms with Gasteiger partial charge in [-0.2, -0.15) is 5.10 Å². The van der Waals surface area contributed by atoms with Crippen molar-refractivity contribution in [3.8, 4) is 0 Å². The van der Waals surface area contributed by atoms with Crippen molar-refractivity contribution < 1.29 is 4.79 Å². The molecule has 0 aliphatic rings. The predicted octanol–water partition coefficient (Wildman–Crippen LogP) is 0.842. The van der Waals surface area contributed by atoms with Gasteiger partial charge in [-0.15, -0.1) is 11.3 Å². The number of rotatable bonds is 3. The molecule has 2 aromatic rings. The summed E-state index contributed by atoms with van der Waals surface area (Å²) in [5.41, 5.74) is 0.887. The summed E-state index contributed by atoms with van der Waals surface area (Å²) in [6.07, 6.45) is 1.31. The number of nitrogens with one attached hydrogen (secondary N) is 1. The molecule has 0 fully saturated rings. The third-order valence-electron chi connectivity index (χ3n) is 2.03. The normalized spacial score (nSPS) is 10.4. The average molecular weight is 237 g/mol. The smallest absolute Gasteiger partial charge is 0.291 e. The van der Waals surface area contributed by atoms with Crippen LogP contribution in [-0.2, 0) is 6.54 Å². The maximum absolute atomic E-state index is 11.8. The first-order chi connectivity index (χ1) is 7.66. The first-order valence-corrected chi connectivity index (χ1v) is 5.56. The van der Waals surface area contributed by atoms with E-state index in [1.54, 1.807) is 23.3 Å². The van der Waals surface area contributed by atoms with Crippen molar-refractivity contribution in [2.75, 3.05) is 7.05 Å². The van der Waals surface area contributed by atoms with Crippen LogP contribution in [0.2, 0.25) is 0 Å². The molecule has 1 N–H and O–H groups in total. The highest BCUT2D eigenvalue weighted by molar-refractivity contribution is 7.09. The molecule has 0 atom stereocenters. The SMILES string of the molecule is Cc1nc(CN(C)C(=O)c2ncn[nH]2)cs1. The van der Waals surface area contributed by atoms with Gasteiger partial charge in [0.05, 0.1) is 17.2 Å². The topological polar surface area (TPSA) is 74.8 Å². The maximum Gasteiger partial charge on any atom is 0.291 e. The third kappa shape index (κ3) is 2.25. The van der Waals surface area contributed by atoms with E-state index in [1.165, 1.54) is 6.33 Å². The number of H-pyrrole nitrogens is 1. The number of carbonyl (C=O) groups is 1. The molecule has 0 aliphatic heterocycles. The summed E-state index contributed by atoms with van der Waals surface area (Å²) in [5, 5.41) is 9.12. The molecule has 0 radical (unpaired) electrons. The van der Waals surface area contributed by atoms with Crippen LogP contribution in [0, 0.1) is 6.92 Å². The summed E-state index contributed by atoms with van der Waals surface area (Å²) in [6, 6.07) is 0. The van der Waals surface area contributed by atoms with Crippen molar-refractivity contribution in [1.29, 1.82) is 0 Å². The number of aryl methyl sites for hydroxylation is 1. The average Bonchev–Trinajstić information content (AvgIpc) is 2.88. The van der Waals surface area contributed by atoms with Crippen molar-refractivity contribution in [3.05, 3.63) is 28.2 Å². The summed E-state index contributed by atoms with van der Waals surface area (Å²) in [7, 11) is 1.71. The molecular weight excluding hydrogens is 226 g/mol. The molecule has 7 heteroatoms. The number of thiazole rings is 1. The largest absolute Gasteiger partial charge is 0.333 e. The standard InChI is InChI=1S/C9H11N5OS/c1-6-12-7(4-16-6)3-14(2)9(15)8-10-5-11-13-8/h4-5H,3H2,1-2H3,(H,10,11,13). The van der Waals surface area contributed by atoms with Crippen LogP contribution in [-0.4, -0.2) is 38.0 Å². The van der Waals surface area contributed by atoms with Gasteiger partial charge in [-0.1, -0.05) is 0 Å². The first-order valence-electron chi connectivity index (χ1n) is 4.68. The first kappa shape index (κ1) is 10.7. The van der Waals surface area contributed by atoms with Crippen molar-refractivity contribution in [2.24, 2.45) is 0 Å². The summed E-state index contributed by atoms with van der Waals surface area (Å²) in [6.45, 7) is 2.41. The zero-order chi connectivity index (χ0) is 11.5. The van der Waals surface area contributed by atoms with Crippen LogP contribution in [0.5, 0.6) is 0 Å². The third-order valence-corrected chi connectivity index (χ3v) is 2.85. The van der Waals surface area contributed by atoms with Crippen molar-refractivity contribution >= 4 is 17.2 Å². The van der Waals surface area contributed by atoms with E-state index in [4.69, 9.17) is 0 Å². The van der Waals surface area contributed by atoms with E-state index >= 15 is 0 Å². The van der Waals surface area contributed by atoms with E-state index in [2.05, 4.69) is 20.2 Å². The number of aromatic amines is 1. The molecule has 0 bridgehead atoms. The highest BCUT2D eigenvalue weighted by Crippen LogP contribution is 2.10. The van der Waals surface area contributed by atoms with Crippen LogP contribution >= 0.6 is 11.3 Å². The van der Waals surface area contributed by atoms with Gasteiger partial charge in [0.15, 0.2) is 0 Å². The number of nitrogens with zero attached hydrogens (tertiary/aromatic N) is 4. The van der Waals surface area contributed by atoms with Gasteiger partial charge in [-0.3, -0.25) is 9.89 Å². The Balaban J connectivity index is 2.03. The lowest BCUT2D eigenvalue weighted by Crippen LogP contribution is -2.27. The van der Waals surface area contributed by atoms with Gasteiger partial charge in [-0.25, -0.2) is 9.97 Å². The van der Waals surface area contributed by atoms with Crippen molar-refractivity contribution in [3.63, 3.8) is 0 Å². The molecule has 2 rings (SSSR count). The lowest BCUT2D eigenvalue weighted by molar-refractivity contribution is 0.0772. The fourth-order valence-corrected chi connectivity index (χ4v) is 1.89. The maximum atomic E-state index is 11.8. The Morgan fingerprint density at radius 1 is 1.62 bits per heavy atom. The Morgan fingerprint density at radius 2 is 2.44 bits per heavy atom. The van der Waals surface area contributed by atoms with E-state index in [0.717, 1.165) is 10.7 Å². The monoisotopic (exact) mass is 237 g/mol. The molecule has 2 heterocycles. The summed E-state index contributed by atoms with van der Waals surface area (Å²) in [5.74, 6) is 0.0533. The van der Waals surface area contributed by atoms with Crippen LogP contribution in [0.25, 0.3) is 0 Å². The van der Waals surface area contributed by atoms with Gasteiger partial charge >= 0.3 is 0 Å². The zero-order valence-electron chi connectivity index (χ0n) is 8.97. The lowest BCUT2D eigenvalue weighted by Gasteiger charge is -2.13. The highest BCUT2D eigenvalue weighted by Gasteiger charge is 2.15. The van der Waals surface area contributed by atoms with E-state index in [1.807, 2.05) is 12.3 Å². The van der Waals surface area contributed by atoms with Crippen molar-refractivity contribution in [1.82, 2.24) is 25.1 Å². The second kappa shape index (κ2) is 4.40. The van der Waals surface area contributed by atoms with Gasteiger partial charge in [0.25, 0.3) is 5.91 Å². The summed E-state index contributed by atoms with van der Waals surface area (Å²) < 4.78 is 0. The highest BCUT2D eigenvalue weighted by atomic mass is 32.1. The summed E-state index contributed by atoms with van der Waals surface area (Å²) >= 11 is 1.57. The van der Waals surface area contributed by atoms with E-state index < -0.39 is 0 Å². The molecule has 0 saturated heterocycles. The van der Waals surface area contributed by atoms with Crippen LogP contribution in [0.4, 0.5) is 0 Å². The van der Waals surface area contributed by atoms with Crippen LogP contribution in [0.3, 0.4) is 0 Å². The predicted molar refractivity (Wildman–Crippen MR) is 59.0 cm³/mol. The number of aromatic nitrogens is 4. The van der Waals surface area contributed by atoms with E-state index in [-0.39, 0.29) is 11.7 Å². The minimum Gasteiger partial charge on any atom is -0.333 e. The molecule has 0 aromatic carbocycles. The molecule has 6 nitrogen and oxygen atoms in total. The van der Waals surface area contributed by atoms with Gasteiger partial charge in [0, 0.05) is 12.4 Å². The Bertz CT molecular complexity index is 478. The van der Waals surface area contributed by atoms with Crippen LogP contribution in [0.15, 0.2) is 11.7 Å². The molecule has 0 aliphatic carbocycles. The number of amides is 1. The molecular formula is C9H11N5OS. The van der Waals surface area contributed by atoms with E-state index in [0.29, 0.717) is 6.54 Å². The van der Waals surface area contributed by atoms with Gasteiger partial charge < -0.3 is 4.90 Å². The van der Waals surface area contributed by atoms with Gasteiger partial charge in [0.2, 0.25) is 5.82 Å². The van der Waals surface area contributed by atoms with Crippen LogP contribution in [0.1, 0.15) is 21.3 Å². The molecule has 16 heavy (non-hydrogen) atoms. The zero-order valence-corrected chi connectivity index (χ0v) is 9.78. The van der Waals surface area contributed by atoms with Gasteiger partial charge in [0.1, 0.15) is 6.33 Å². The number of hydrogen-bond donors (Lipinski definition) is 1. The fraction of sp³-hybridized carbons (Fsp3) is 0.333. The lowest BCUT2D eigenvalue weighted by atomic mass is 10.4. The molecule has 1 amide bonds. The molecule has 84 valence electrons. The molecule has 0 spiro atoms. The molecule has 0 saturated carbocycles. The second-order valence-electron chi connectivity index (χ2n) is 3.35. The number of carbonyl (C=O) groups excluding carboxylic acids is 1. The Labute approximate surface area is 96.3 Å². The Hall–Kier alpha value is -1.76. The minimum absolute atomic E-state index is 0.192. The Morgan fingerprint density at radius 3 is 3.00 bits per heavy atom. The fourth-order valence-electron chi connectivity index (χ4n) is 1.28.